The molecule has 1 heterocycles. The van der Waals surface area contributed by atoms with E-state index < -0.39 is 0 Å². The lowest BCUT2D eigenvalue weighted by molar-refractivity contribution is 0.804. The van der Waals surface area contributed by atoms with Crippen molar-refractivity contribution in [1.82, 2.24) is 0 Å². The molecule has 0 spiro atoms. The maximum atomic E-state index is 5.91. The highest BCUT2D eigenvalue weighted by Crippen LogP contribution is 2.20. The molecule has 0 radical (unpaired) electrons. The molecule has 0 aromatic heterocycles. The molecule has 0 saturated heterocycles. The smallest absolute Gasteiger partial charge is 0.118 e. The van der Waals surface area contributed by atoms with Crippen LogP contribution in [0, 0.1) is 0 Å². The van der Waals surface area contributed by atoms with Crippen LogP contribution >= 0.6 is 0 Å². The molecule has 2 rings (SSSR count). The summed E-state index contributed by atoms with van der Waals surface area (Å²) in [6, 6.07) is 8.22. The number of nitrogens with one attached hydrogen (secondary N) is 1. The lowest BCUT2D eigenvalue weighted by Crippen LogP contribution is -2.36. The zero-order chi connectivity index (χ0) is 9.97. The van der Waals surface area contributed by atoms with E-state index in [1.165, 1.54) is 5.56 Å². The molecule has 0 aliphatic carbocycles. The minimum atomic E-state index is 0.0309. The summed E-state index contributed by atoms with van der Waals surface area (Å²) >= 11 is 0. The Bertz CT molecular complexity index is 357. The van der Waals surface area contributed by atoms with Gasteiger partial charge in [0.05, 0.1) is 12.6 Å². The van der Waals surface area contributed by atoms with Gasteiger partial charge in [-0.3, -0.25) is 4.99 Å². The first-order valence-electron chi connectivity index (χ1n) is 4.96. The Kier molecular flexibility index (Phi) is 2.50. The Morgan fingerprint density at radius 2 is 2.29 bits per heavy atom. The molecule has 0 unspecified atom stereocenters. The van der Waals surface area contributed by atoms with Crippen LogP contribution in [0.15, 0.2) is 29.3 Å². The Morgan fingerprint density at radius 1 is 1.50 bits per heavy atom. The molecule has 1 aromatic carbocycles. The number of benzene rings is 1. The van der Waals surface area contributed by atoms with Crippen LogP contribution in [0.3, 0.4) is 0 Å². The first-order valence-corrected chi connectivity index (χ1v) is 4.96. The van der Waals surface area contributed by atoms with Crippen LogP contribution in [-0.2, 0) is 6.54 Å². The summed E-state index contributed by atoms with van der Waals surface area (Å²) in [5.41, 5.74) is 8.29. The molecule has 3 N–H and O–H groups in total. The molecule has 1 aromatic rings. The zero-order valence-corrected chi connectivity index (χ0v) is 8.33. The number of para-hydroxylation sites is 1. The minimum absolute atomic E-state index is 0.0309. The molecule has 0 amide bonds. The van der Waals surface area contributed by atoms with Crippen molar-refractivity contribution in [2.75, 3.05) is 5.32 Å². The number of nitrogens with two attached hydrogens (primary N) is 1. The molecule has 0 fully saturated rings. The van der Waals surface area contributed by atoms with Crippen molar-refractivity contribution in [3.63, 3.8) is 0 Å². The minimum Gasteiger partial charge on any atom is -0.342 e. The van der Waals surface area contributed by atoms with Crippen molar-refractivity contribution in [3.8, 4) is 0 Å². The fourth-order valence-electron chi connectivity index (χ4n) is 1.53. The van der Waals surface area contributed by atoms with Gasteiger partial charge in [0.1, 0.15) is 5.84 Å². The third-order valence-electron chi connectivity index (χ3n) is 2.49. The second kappa shape index (κ2) is 3.80. The van der Waals surface area contributed by atoms with Gasteiger partial charge in [-0.05, 0) is 18.1 Å². The maximum absolute atomic E-state index is 5.91. The third-order valence-corrected chi connectivity index (χ3v) is 2.49. The van der Waals surface area contributed by atoms with E-state index in [0.29, 0.717) is 0 Å². The van der Waals surface area contributed by atoms with Crippen LogP contribution in [0.1, 0.15) is 18.9 Å². The van der Waals surface area contributed by atoms with Gasteiger partial charge in [0.25, 0.3) is 0 Å². The predicted octanol–water partition coefficient (Wildman–Crippen LogP) is 1.75. The SMILES string of the molecule is CC[C@H](N)C1=NCc2ccccc2N1. The molecule has 0 saturated carbocycles. The van der Waals surface area contributed by atoms with E-state index in [1.807, 2.05) is 12.1 Å². The van der Waals surface area contributed by atoms with Crippen LogP contribution in [0.4, 0.5) is 5.69 Å². The van der Waals surface area contributed by atoms with Crippen molar-refractivity contribution in [2.24, 2.45) is 10.7 Å². The van der Waals surface area contributed by atoms with Gasteiger partial charge in [-0.2, -0.15) is 0 Å². The normalized spacial score (nSPS) is 16.6. The van der Waals surface area contributed by atoms with Gasteiger partial charge in [-0.1, -0.05) is 25.1 Å². The summed E-state index contributed by atoms with van der Waals surface area (Å²) < 4.78 is 0. The summed E-state index contributed by atoms with van der Waals surface area (Å²) in [7, 11) is 0. The molecule has 0 bridgehead atoms. The highest BCUT2D eigenvalue weighted by Gasteiger charge is 2.14. The predicted molar refractivity (Wildman–Crippen MR) is 59.5 cm³/mol. The topological polar surface area (TPSA) is 50.4 Å². The fraction of sp³-hybridized carbons (Fsp3) is 0.364. The van der Waals surface area contributed by atoms with Crippen LogP contribution in [0.2, 0.25) is 0 Å². The Hall–Kier alpha value is -1.35. The van der Waals surface area contributed by atoms with Crippen molar-refractivity contribution in [3.05, 3.63) is 29.8 Å². The van der Waals surface area contributed by atoms with Crippen molar-refractivity contribution in [1.29, 1.82) is 0 Å². The van der Waals surface area contributed by atoms with Gasteiger partial charge in [0.2, 0.25) is 0 Å². The van der Waals surface area contributed by atoms with Crippen LogP contribution in [0.25, 0.3) is 0 Å². The van der Waals surface area contributed by atoms with Gasteiger partial charge >= 0.3 is 0 Å². The Balaban J connectivity index is 2.21. The van der Waals surface area contributed by atoms with E-state index in [0.717, 1.165) is 24.5 Å². The summed E-state index contributed by atoms with van der Waals surface area (Å²) in [6.07, 6.45) is 0.911. The average molecular weight is 189 g/mol. The first kappa shape index (κ1) is 9.21. The maximum Gasteiger partial charge on any atom is 0.118 e. The third kappa shape index (κ3) is 1.63. The van der Waals surface area contributed by atoms with E-state index in [4.69, 9.17) is 5.73 Å². The van der Waals surface area contributed by atoms with E-state index in [1.54, 1.807) is 0 Å². The fourth-order valence-corrected chi connectivity index (χ4v) is 1.53. The number of hydrogen-bond donors (Lipinski definition) is 2. The number of aliphatic imine (C=N–C) groups is 1. The molecule has 1 aliphatic heterocycles. The highest BCUT2D eigenvalue weighted by atomic mass is 15.1. The van der Waals surface area contributed by atoms with Crippen molar-refractivity contribution in [2.45, 2.75) is 25.9 Å². The Labute approximate surface area is 84.0 Å². The molecule has 1 atom stereocenters. The van der Waals surface area contributed by atoms with E-state index in [9.17, 15) is 0 Å². The van der Waals surface area contributed by atoms with Gasteiger partial charge in [-0.25, -0.2) is 0 Å². The van der Waals surface area contributed by atoms with Gasteiger partial charge in [0.15, 0.2) is 0 Å². The zero-order valence-electron chi connectivity index (χ0n) is 8.33. The van der Waals surface area contributed by atoms with E-state index >= 15 is 0 Å². The molecular weight excluding hydrogens is 174 g/mol. The summed E-state index contributed by atoms with van der Waals surface area (Å²) in [4.78, 5) is 4.42. The average Bonchev–Trinajstić information content (AvgIpc) is 2.27. The summed E-state index contributed by atoms with van der Waals surface area (Å²) in [5, 5.41) is 3.27. The monoisotopic (exact) mass is 189 g/mol. The summed E-state index contributed by atoms with van der Waals surface area (Å²) in [5.74, 6) is 0.909. The highest BCUT2D eigenvalue weighted by molar-refractivity contribution is 6.00. The second-order valence-corrected chi connectivity index (χ2v) is 3.50. The molecule has 3 nitrogen and oxygen atoms in total. The number of hydrogen-bond acceptors (Lipinski definition) is 3. The molecule has 74 valence electrons. The first-order chi connectivity index (χ1) is 6.81. The standard InChI is InChI=1S/C11H15N3/c1-2-9(12)11-13-7-8-5-3-4-6-10(8)14-11/h3-6,9H,2,7,12H2,1H3,(H,13,14)/t9-/m0/s1. The number of fused-ring (bicyclic) bond motifs is 1. The number of anilines is 1. The van der Waals surface area contributed by atoms with E-state index in [2.05, 4.69) is 29.4 Å². The lowest BCUT2D eigenvalue weighted by Gasteiger charge is -2.21. The van der Waals surface area contributed by atoms with Crippen LogP contribution in [-0.4, -0.2) is 11.9 Å². The number of nitrogens with zero attached hydrogens (tertiary/aromatic N) is 1. The van der Waals surface area contributed by atoms with Crippen LogP contribution in [0.5, 0.6) is 0 Å². The molecule has 3 heteroatoms. The molecule has 1 aliphatic rings. The number of amidine groups is 1. The largest absolute Gasteiger partial charge is 0.342 e. The van der Waals surface area contributed by atoms with Gasteiger partial charge in [0, 0.05) is 5.69 Å². The van der Waals surface area contributed by atoms with Gasteiger partial charge in [-0.15, -0.1) is 0 Å². The molecular formula is C11H15N3. The number of rotatable bonds is 2. The lowest BCUT2D eigenvalue weighted by atomic mass is 10.1. The van der Waals surface area contributed by atoms with Gasteiger partial charge < -0.3 is 11.1 Å². The van der Waals surface area contributed by atoms with Crippen molar-refractivity contribution < 1.29 is 0 Å². The van der Waals surface area contributed by atoms with E-state index in [-0.39, 0.29) is 6.04 Å². The van der Waals surface area contributed by atoms with Crippen LogP contribution < -0.4 is 11.1 Å². The second-order valence-electron chi connectivity index (χ2n) is 3.50. The quantitative estimate of drug-likeness (QED) is 0.744. The Morgan fingerprint density at radius 3 is 3.07 bits per heavy atom. The summed E-state index contributed by atoms with van der Waals surface area (Å²) in [6.45, 7) is 2.81. The van der Waals surface area contributed by atoms with Crippen molar-refractivity contribution >= 4 is 11.5 Å². The molecule has 14 heavy (non-hydrogen) atoms.